The second-order valence-electron chi connectivity index (χ2n) is 19.9. The Labute approximate surface area is 406 Å². The number of Topliss-reactive ketones (excluding diaryl/α,β-unsaturated/α-hetero) is 1. The molecule has 0 bridgehead atoms. The van der Waals surface area contributed by atoms with Crippen molar-refractivity contribution in [1.29, 1.82) is 0 Å². The molecule has 382 valence electrons. The zero-order valence-corrected chi connectivity index (χ0v) is 40.9. The maximum Gasteiger partial charge on any atom is 0.407 e. The molecule has 1 spiro atoms. The van der Waals surface area contributed by atoms with E-state index < -0.39 is 101 Å². The van der Waals surface area contributed by atoms with Crippen molar-refractivity contribution in [2.45, 2.75) is 116 Å². The average Bonchev–Trinajstić information content (AvgIpc) is 3.98. The molecule has 9 amide bonds. The van der Waals surface area contributed by atoms with Gasteiger partial charge in [-0.05, 0) is 88.0 Å². The molecule has 0 aromatic heterocycles. The number of anilines is 1. The van der Waals surface area contributed by atoms with Crippen LogP contribution in [0.4, 0.5) is 20.1 Å². The fourth-order valence-electron chi connectivity index (χ4n) is 10.5. The quantitative estimate of drug-likeness (QED) is 0.0564. The number of carboxylic acid groups (broad SMARTS) is 2. The minimum atomic E-state index is -1.76. The Hall–Kier alpha value is -6.61. The monoisotopic (exact) mass is 976 g/mol. The summed E-state index contributed by atoms with van der Waals surface area (Å²) in [5, 5.41) is 54.5. The Balaban J connectivity index is 1.38. The number of fused-ring (bicyclic) bond motifs is 1. The van der Waals surface area contributed by atoms with Crippen molar-refractivity contribution in [3.63, 3.8) is 0 Å². The van der Waals surface area contributed by atoms with Crippen LogP contribution in [0, 0.1) is 22.7 Å². The van der Waals surface area contributed by atoms with Crippen molar-refractivity contribution in [3.05, 3.63) is 64.8 Å². The van der Waals surface area contributed by atoms with Gasteiger partial charge in [0.2, 0.25) is 17.7 Å². The van der Waals surface area contributed by atoms with Gasteiger partial charge in [-0.15, -0.1) is 0 Å². The topological polar surface area (TPSA) is 318 Å². The number of hydrogen-bond acceptors (Lipinski definition) is 11. The Morgan fingerprint density at radius 2 is 1.53 bits per heavy atom. The normalized spacial score (nSPS) is 22.8. The number of nitrogens with zero attached hydrogens (tertiary/aromatic N) is 3. The van der Waals surface area contributed by atoms with Gasteiger partial charge in [-0.1, -0.05) is 51.0 Å². The summed E-state index contributed by atoms with van der Waals surface area (Å²) in [6, 6.07) is 3.37. The highest BCUT2D eigenvalue weighted by Crippen LogP contribution is 2.68. The summed E-state index contributed by atoms with van der Waals surface area (Å²) in [6.45, 7) is 7.78. The highest BCUT2D eigenvalue weighted by Gasteiger charge is 2.69. The van der Waals surface area contributed by atoms with Gasteiger partial charge in [-0.2, -0.15) is 0 Å². The summed E-state index contributed by atoms with van der Waals surface area (Å²) >= 11 is 0. The summed E-state index contributed by atoms with van der Waals surface area (Å²) in [7, 11) is 2.62. The second kappa shape index (κ2) is 21.6. The Bertz CT molecular complexity index is 2340. The Morgan fingerprint density at radius 1 is 0.900 bits per heavy atom. The molecule has 10 N–H and O–H groups in total. The lowest BCUT2D eigenvalue weighted by atomic mass is 9.59. The van der Waals surface area contributed by atoms with Crippen molar-refractivity contribution in [2.75, 3.05) is 45.7 Å². The van der Waals surface area contributed by atoms with Crippen molar-refractivity contribution < 1.29 is 63.6 Å². The minimum Gasteiger partial charge on any atom is -0.465 e. The van der Waals surface area contributed by atoms with E-state index in [0.29, 0.717) is 48.8 Å². The van der Waals surface area contributed by atoms with Gasteiger partial charge in [0.1, 0.15) is 17.7 Å². The van der Waals surface area contributed by atoms with Crippen molar-refractivity contribution in [2.24, 2.45) is 28.4 Å². The lowest BCUT2D eigenvalue weighted by molar-refractivity contribution is -0.138. The van der Waals surface area contributed by atoms with Crippen LogP contribution in [0.15, 0.2) is 59.2 Å². The third kappa shape index (κ3) is 11.2. The van der Waals surface area contributed by atoms with E-state index in [1.54, 1.807) is 58.0 Å². The third-order valence-corrected chi connectivity index (χ3v) is 14.7. The van der Waals surface area contributed by atoms with Crippen molar-refractivity contribution >= 4 is 59.2 Å². The lowest BCUT2D eigenvalue weighted by Crippen LogP contribution is -2.65. The van der Waals surface area contributed by atoms with Gasteiger partial charge >= 0.3 is 18.2 Å². The molecule has 1 heterocycles. The predicted octanol–water partition coefficient (Wildman–Crippen LogP) is 2.67. The van der Waals surface area contributed by atoms with Gasteiger partial charge in [0.05, 0.1) is 12.1 Å². The number of nitrogens with one attached hydrogen (secondary N) is 4. The zero-order chi connectivity index (χ0) is 52.1. The highest BCUT2D eigenvalue weighted by atomic mass is 16.4. The number of hydrogen-bond donors (Lipinski definition) is 9. The van der Waals surface area contributed by atoms with Gasteiger partial charge in [-0.3, -0.25) is 33.7 Å². The van der Waals surface area contributed by atoms with E-state index in [0.717, 1.165) is 14.7 Å². The summed E-state index contributed by atoms with van der Waals surface area (Å²) in [5.74, 6) is -4.38. The van der Waals surface area contributed by atoms with Gasteiger partial charge < -0.3 is 57.2 Å². The largest absolute Gasteiger partial charge is 0.465 e. The van der Waals surface area contributed by atoms with Crippen molar-refractivity contribution in [1.82, 2.24) is 30.7 Å². The Kier molecular flexibility index (Phi) is 16.7. The predicted molar refractivity (Wildman–Crippen MR) is 255 cm³/mol. The van der Waals surface area contributed by atoms with E-state index in [1.807, 2.05) is 0 Å². The smallest absolute Gasteiger partial charge is 0.407 e. The minimum absolute atomic E-state index is 0.0445. The third-order valence-electron chi connectivity index (χ3n) is 14.7. The van der Waals surface area contributed by atoms with Crippen LogP contribution in [0.25, 0.3) is 0 Å². The number of rotatable bonds is 23. The number of carbonyl (C=O) groups is 9. The molecule has 5 rings (SSSR count). The highest BCUT2D eigenvalue weighted by molar-refractivity contribution is 6.13. The number of aliphatic hydroxyl groups excluding tert-OH is 1. The lowest BCUT2D eigenvalue weighted by Gasteiger charge is -2.53. The van der Waals surface area contributed by atoms with Gasteiger partial charge in [0.25, 0.3) is 11.8 Å². The molecular weight excluding hydrogens is 909 g/mol. The number of aliphatic hydroxyl groups is 2. The van der Waals surface area contributed by atoms with E-state index in [-0.39, 0.29) is 61.8 Å². The number of primary amides is 1. The number of ketones is 1. The number of amides is 9. The zero-order valence-electron chi connectivity index (χ0n) is 40.9. The number of unbranched alkanes of at least 4 members (excludes halogenated alkanes) is 2. The molecule has 6 atom stereocenters. The molecular formula is C49H68N8O13. The molecule has 1 aromatic rings. The van der Waals surface area contributed by atoms with E-state index in [9.17, 15) is 63.6 Å². The standard InChI is InChI=1S/C49H68N8O13/c1-28(2)38(54-34(59)13-9-8-10-23-57-35(60)18-19-36(57)61)42(64)53-33(12-11-22-51-43(50)65)41(63)52-31-16-14-30(15-17-31)24-49(56(7)45(68)69,26-55(6)44(66)67)39-37-29(3)48(20-21-48)47(5,70)40(62)32(37)25-46(39,4)27-58/h14-19,25,28,33,38-39,58,70H,8-13,20-24,26-27H2,1-7H3,(H,52,63)(H,53,64)(H,54,59)(H,66,67)(H,68,69)(H3,50,51,65)/t33-,38-,39?,46?,47-,49?/m0/s1. The van der Waals surface area contributed by atoms with Crippen LogP contribution in [-0.2, 0) is 35.2 Å². The molecule has 3 aliphatic carbocycles. The molecule has 1 aliphatic heterocycles. The van der Waals surface area contributed by atoms with Gasteiger partial charge in [0, 0.05) is 80.3 Å². The molecule has 0 radical (unpaired) electrons. The first kappa shape index (κ1) is 54.3. The molecule has 1 saturated carbocycles. The maximum atomic E-state index is 14.2. The molecule has 1 aromatic carbocycles. The molecule has 21 nitrogen and oxygen atoms in total. The molecule has 0 saturated heterocycles. The van der Waals surface area contributed by atoms with E-state index in [2.05, 4.69) is 21.3 Å². The summed E-state index contributed by atoms with van der Waals surface area (Å²) in [5.41, 5.74) is 1.65. The van der Waals surface area contributed by atoms with Crippen LogP contribution in [0.3, 0.4) is 0 Å². The van der Waals surface area contributed by atoms with E-state index >= 15 is 0 Å². The van der Waals surface area contributed by atoms with Crippen LogP contribution in [0.1, 0.15) is 91.5 Å². The Morgan fingerprint density at radius 3 is 2.07 bits per heavy atom. The SMILES string of the molecule is CC1=C2C(=CC(C)(CO)C2C(Cc2ccc(NC(=O)[C@H](CCCNC(N)=O)NC(=O)[C@@H](NC(=O)CCCCCN3C(=O)C=CC3=O)C(C)C)cc2)(CN(C)C(=O)O)N(C)C(=O)O)C(=O)[C@](C)(O)C12CC2. The fourth-order valence-corrected chi connectivity index (χ4v) is 10.5. The maximum absolute atomic E-state index is 14.2. The average molecular weight is 977 g/mol. The van der Waals surface area contributed by atoms with Gasteiger partial charge in [-0.25, -0.2) is 14.4 Å². The van der Waals surface area contributed by atoms with Crippen LogP contribution in [-0.4, -0.2) is 152 Å². The number of likely N-dealkylation sites (N-methyl/N-ethyl adjacent to an activating group) is 2. The molecule has 3 unspecified atom stereocenters. The molecule has 4 aliphatic rings. The first-order chi connectivity index (χ1) is 32.8. The number of imide groups is 1. The first-order valence-corrected chi connectivity index (χ1v) is 23.6. The van der Waals surface area contributed by atoms with Crippen LogP contribution >= 0.6 is 0 Å². The fraction of sp³-hybridized carbons (Fsp3) is 0.571. The molecule has 70 heavy (non-hydrogen) atoms. The summed E-state index contributed by atoms with van der Waals surface area (Å²) < 4.78 is 0. The van der Waals surface area contributed by atoms with Crippen LogP contribution in [0.2, 0.25) is 0 Å². The number of nitrogens with two attached hydrogens (primary N) is 1. The first-order valence-electron chi connectivity index (χ1n) is 23.6. The number of benzene rings is 1. The van der Waals surface area contributed by atoms with Gasteiger partial charge in [0.15, 0.2) is 5.78 Å². The number of urea groups is 1. The summed E-state index contributed by atoms with van der Waals surface area (Å²) in [6.07, 6.45) is 3.91. The van der Waals surface area contributed by atoms with Crippen LogP contribution in [0.5, 0.6) is 0 Å². The summed E-state index contributed by atoms with van der Waals surface area (Å²) in [4.78, 5) is 119. The second-order valence-corrected chi connectivity index (χ2v) is 19.9. The number of carbonyl (C=O) groups excluding carboxylic acids is 7. The van der Waals surface area contributed by atoms with Crippen molar-refractivity contribution in [3.8, 4) is 0 Å². The molecule has 1 fully saturated rings. The van der Waals surface area contributed by atoms with E-state index in [4.69, 9.17) is 5.73 Å². The molecule has 21 heteroatoms. The van der Waals surface area contributed by atoms with Crippen LogP contribution < -0.4 is 27.0 Å². The van der Waals surface area contributed by atoms with E-state index in [1.165, 1.54) is 33.2 Å².